The van der Waals surface area contributed by atoms with Gasteiger partial charge in [0.05, 0.1) is 6.10 Å². The van der Waals surface area contributed by atoms with Crippen molar-refractivity contribution >= 4 is 6.03 Å². The van der Waals surface area contributed by atoms with Gasteiger partial charge in [-0.1, -0.05) is 19.8 Å². The van der Waals surface area contributed by atoms with Crippen molar-refractivity contribution in [3.8, 4) is 0 Å². The van der Waals surface area contributed by atoms with E-state index in [-0.39, 0.29) is 18.1 Å². The van der Waals surface area contributed by atoms with E-state index in [1.165, 1.54) is 19.3 Å². The topological polar surface area (TPSA) is 55.8 Å². The highest BCUT2D eigenvalue weighted by Crippen LogP contribution is 2.24. The first-order chi connectivity index (χ1) is 10.6. The first-order valence-electron chi connectivity index (χ1n) is 8.95. The quantitative estimate of drug-likeness (QED) is 0.815. The Kier molecular flexibility index (Phi) is 6.96. The molecule has 2 N–H and O–H groups in total. The van der Waals surface area contributed by atoms with E-state index in [0.717, 1.165) is 44.8 Å². The summed E-state index contributed by atoms with van der Waals surface area (Å²) in [6.45, 7) is 6.94. The summed E-state index contributed by atoms with van der Waals surface area (Å²) < 4.78 is 0. The van der Waals surface area contributed by atoms with E-state index in [4.69, 9.17) is 0 Å². The summed E-state index contributed by atoms with van der Waals surface area (Å²) in [5.41, 5.74) is 0. The van der Waals surface area contributed by atoms with Crippen LogP contribution in [0.1, 0.15) is 45.4 Å². The van der Waals surface area contributed by atoms with Crippen LogP contribution in [0.4, 0.5) is 4.79 Å². The van der Waals surface area contributed by atoms with Crippen molar-refractivity contribution in [1.82, 2.24) is 15.1 Å². The Morgan fingerprint density at radius 2 is 1.91 bits per heavy atom. The van der Waals surface area contributed by atoms with Gasteiger partial charge in [0.1, 0.15) is 0 Å². The van der Waals surface area contributed by atoms with Crippen LogP contribution in [0.5, 0.6) is 0 Å². The van der Waals surface area contributed by atoms with Crippen LogP contribution in [-0.4, -0.2) is 66.8 Å². The van der Waals surface area contributed by atoms with E-state index in [9.17, 15) is 9.90 Å². The lowest BCUT2D eigenvalue weighted by atomic mass is 9.86. The molecule has 0 spiro atoms. The van der Waals surface area contributed by atoms with Gasteiger partial charge >= 0.3 is 6.03 Å². The molecule has 5 heteroatoms. The van der Waals surface area contributed by atoms with E-state index in [2.05, 4.69) is 17.1 Å². The van der Waals surface area contributed by atoms with Gasteiger partial charge in [0.15, 0.2) is 0 Å². The molecule has 22 heavy (non-hydrogen) atoms. The highest BCUT2D eigenvalue weighted by molar-refractivity contribution is 5.73. The minimum Gasteiger partial charge on any atom is -0.393 e. The smallest absolute Gasteiger partial charge is 0.317 e. The lowest BCUT2D eigenvalue weighted by Gasteiger charge is -2.32. The Morgan fingerprint density at radius 3 is 2.59 bits per heavy atom. The number of likely N-dealkylation sites (tertiary alicyclic amines) is 1. The minimum atomic E-state index is -0.237. The molecule has 0 radical (unpaired) electrons. The Morgan fingerprint density at radius 1 is 1.23 bits per heavy atom. The van der Waals surface area contributed by atoms with Gasteiger partial charge in [-0.15, -0.1) is 0 Å². The van der Waals surface area contributed by atoms with Crippen LogP contribution in [0.15, 0.2) is 0 Å². The Bertz CT molecular complexity index is 343. The van der Waals surface area contributed by atoms with Crippen LogP contribution < -0.4 is 5.32 Å². The van der Waals surface area contributed by atoms with Gasteiger partial charge in [-0.2, -0.15) is 0 Å². The molecule has 128 valence electrons. The lowest BCUT2D eigenvalue weighted by Crippen LogP contribution is -2.45. The standard InChI is InChI=1S/C17H33N3O2/c1-14-7-10-20(11-8-14)12-9-18-17(22)19(2)13-15-5-3-4-6-16(15)21/h14-16,21H,3-13H2,1-2H3,(H,18,22). The molecule has 0 aromatic heterocycles. The minimum absolute atomic E-state index is 0.0110. The number of nitrogens with zero attached hydrogens (tertiary/aromatic N) is 2. The summed E-state index contributed by atoms with van der Waals surface area (Å²) in [5.74, 6) is 1.09. The molecule has 5 nitrogen and oxygen atoms in total. The van der Waals surface area contributed by atoms with Crippen LogP contribution in [0.2, 0.25) is 0 Å². The summed E-state index contributed by atoms with van der Waals surface area (Å²) >= 11 is 0. The van der Waals surface area contributed by atoms with Crippen molar-refractivity contribution in [2.75, 3.05) is 39.8 Å². The number of nitrogens with one attached hydrogen (secondary N) is 1. The number of hydrogen-bond donors (Lipinski definition) is 2. The van der Waals surface area contributed by atoms with Crippen LogP contribution in [0.3, 0.4) is 0 Å². The molecule has 2 unspecified atom stereocenters. The van der Waals surface area contributed by atoms with E-state index in [1.807, 2.05) is 7.05 Å². The summed E-state index contributed by atoms with van der Waals surface area (Å²) in [6, 6.07) is -0.0110. The predicted molar refractivity (Wildman–Crippen MR) is 88.8 cm³/mol. The van der Waals surface area contributed by atoms with Crippen LogP contribution in [-0.2, 0) is 0 Å². The predicted octanol–water partition coefficient (Wildman–Crippen LogP) is 1.91. The number of rotatable bonds is 5. The summed E-state index contributed by atoms with van der Waals surface area (Å²) in [5, 5.41) is 13.0. The zero-order chi connectivity index (χ0) is 15.9. The van der Waals surface area contributed by atoms with Crippen LogP contribution >= 0.6 is 0 Å². The largest absolute Gasteiger partial charge is 0.393 e. The molecule has 2 aliphatic rings. The average molecular weight is 311 g/mol. The second-order valence-electron chi connectivity index (χ2n) is 7.25. The molecule has 2 rings (SSSR count). The zero-order valence-corrected chi connectivity index (χ0v) is 14.3. The average Bonchev–Trinajstić information content (AvgIpc) is 2.51. The fourth-order valence-corrected chi connectivity index (χ4v) is 3.58. The number of carbonyl (C=O) groups excluding carboxylic acids is 1. The first-order valence-corrected chi connectivity index (χ1v) is 8.95. The fourth-order valence-electron chi connectivity index (χ4n) is 3.58. The molecule has 1 aliphatic heterocycles. The molecule has 2 amide bonds. The maximum Gasteiger partial charge on any atom is 0.317 e. The molecular weight excluding hydrogens is 278 g/mol. The number of aliphatic hydroxyl groups excluding tert-OH is 1. The van der Waals surface area contributed by atoms with Gasteiger partial charge in [-0.05, 0) is 44.7 Å². The zero-order valence-electron chi connectivity index (χ0n) is 14.3. The third-order valence-corrected chi connectivity index (χ3v) is 5.30. The molecule has 2 fully saturated rings. The van der Waals surface area contributed by atoms with Gasteiger partial charge in [-0.25, -0.2) is 4.79 Å². The van der Waals surface area contributed by atoms with E-state index in [1.54, 1.807) is 4.90 Å². The van der Waals surface area contributed by atoms with E-state index < -0.39 is 0 Å². The monoisotopic (exact) mass is 311 g/mol. The van der Waals surface area contributed by atoms with Gasteiger partial charge in [0.25, 0.3) is 0 Å². The molecule has 0 bridgehead atoms. The Labute approximate surface area is 135 Å². The number of carbonyl (C=O) groups is 1. The van der Waals surface area contributed by atoms with Crippen LogP contribution in [0, 0.1) is 11.8 Å². The number of hydrogen-bond acceptors (Lipinski definition) is 3. The fraction of sp³-hybridized carbons (Fsp3) is 0.941. The van der Waals surface area contributed by atoms with Crippen molar-refractivity contribution in [3.05, 3.63) is 0 Å². The molecule has 0 aromatic carbocycles. The van der Waals surface area contributed by atoms with Crippen molar-refractivity contribution in [3.63, 3.8) is 0 Å². The van der Waals surface area contributed by atoms with Crippen molar-refractivity contribution in [1.29, 1.82) is 0 Å². The third-order valence-electron chi connectivity index (χ3n) is 5.30. The highest BCUT2D eigenvalue weighted by atomic mass is 16.3. The first kappa shape index (κ1) is 17.5. The summed E-state index contributed by atoms with van der Waals surface area (Å²) in [7, 11) is 1.83. The molecular formula is C17H33N3O2. The number of piperidine rings is 1. The lowest BCUT2D eigenvalue weighted by molar-refractivity contribution is 0.0564. The maximum atomic E-state index is 12.1. The van der Waals surface area contributed by atoms with Gasteiger partial charge in [-0.3, -0.25) is 0 Å². The summed E-state index contributed by atoms with van der Waals surface area (Å²) in [4.78, 5) is 16.3. The van der Waals surface area contributed by atoms with E-state index in [0.29, 0.717) is 13.1 Å². The van der Waals surface area contributed by atoms with Gasteiger partial charge in [0.2, 0.25) is 0 Å². The molecule has 1 aliphatic carbocycles. The Hall–Kier alpha value is -0.810. The second kappa shape index (κ2) is 8.73. The molecule has 1 saturated carbocycles. The molecule has 0 aromatic rings. The molecule has 1 saturated heterocycles. The number of urea groups is 1. The van der Waals surface area contributed by atoms with Crippen LogP contribution in [0.25, 0.3) is 0 Å². The molecule has 2 atom stereocenters. The Balaban J connectivity index is 1.61. The van der Waals surface area contributed by atoms with Gasteiger partial charge in [0, 0.05) is 32.6 Å². The van der Waals surface area contributed by atoms with Crippen molar-refractivity contribution in [2.24, 2.45) is 11.8 Å². The van der Waals surface area contributed by atoms with E-state index >= 15 is 0 Å². The SMILES string of the molecule is CC1CCN(CCNC(=O)N(C)CC2CCCCC2O)CC1. The highest BCUT2D eigenvalue weighted by Gasteiger charge is 2.25. The third kappa shape index (κ3) is 5.43. The van der Waals surface area contributed by atoms with Gasteiger partial charge < -0.3 is 20.2 Å². The molecule has 1 heterocycles. The second-order valence-corrected chi connectivity index (χ2v) is 7.25. The number of amides is 2. The normalized spacial score (nSPS) is 27.6. The summed E-state index contributed by atoms with van der Waals surface area (Å²) in [6.07, 6.45) is 6.51. The maximum absolute atomic E-state index is 12.1. The van der Waals surface area contributed by atoms with Crippen molar-refractivity contribution < 1.29 is 9.90 Å². The van der Waals surface area contributed by atoms with Crippen molar-refractivity contribution in [2.45, 2.75) is 51.6 Å². The number of aliphatic hydroxyl groups is 1.